The van der Waals surface area contributed by atoms with Crippen LogP contribution in [0.1, 0.15) is 11.3 Å². The summed E-state index contributed by atoms with van der Waals surface area (Å²) in [5.74, 6) is 0. The van der Waals surface area contributed by atoms with Crippen LogP contribution >= 0.6 is 27.3 Å². The van der Waals surface area contributed by atoms with Crippen LogP contribution in [0, 0.1) is 6.92 Å². The van der Waals surface area contributed by atoms with Gasteiger partial charge in [0.2, 0.25) is 0 Å². The summed E-state index contributed by atoms with van der Waals surface area (Å²) >= 11 is 5.13. The van der Waals surface area contributed by atoms with Crippen molar-refractivity contribution in [2.75, 3.05) is 5.32 Å². The van der Waals surface area contributed by atoms with E-state index in [0.717, 1.165) is 27.4 Å². The van der Waals surface area contributed by atoms with E-state index >= 15 is 0 Å². The van der Waals surface area contributed by atoms with Crippen LogP contribution in [0.4, 0.5) is 5.13 Å². The van der Waals surface area contributed by atoms with Crippen molar-refractivity contribution in [3.05, 3.63) is 40.1 Å². The molecule has 6 heteroatoms. The fourth-order valence-corrected chi connectivity index (χ4v) is 3.16. The fraction of sp³-hybridized carbons (Fsp3) is 0.231. The first kappa shape index (κ1) is 12.6. The van der Waals surface area contributed by atoms with Gasteiger partial charge in [-0.1, -0.05) is 27.3 Å². The molecule has 4 nitrogen and oxygen atoms in total. The standard InChI is InChI=1S/C13H13BrN4S/c1-8-9(7-18(2)17-8)6-15-13-16-11-5-10(14)3-4-12(11)19-13/h3-5,7H,6H2,1-2H3,(H,15,16). The summed E-state index contributed by atoms with van der Waals surface area (Å²) in [5, 5.41) is 8.64. The Balaban J connectivity index is 1.80. The SMILES string of the molecule is Cc1nn(C)cc1CNc1nc2cc(Br)ccc2s1. The van der Waals surface area contributed by atoms with Gasteiger partial charge in [0.15, 0.2) is 5.13 Å². The monoisotopic (exact) mass is 336 g/mol. The molecule has 0 fully saturated rings. The number of rotatable bonds is 3. The van der Waals surface area contributed by atoms with E-state index < -0.39 is 0 Å². The minimum atomic E-state index is 0.751. The van der Waals surface area contributed by atoms with Crippen LogP contribution < -0.4 is 5.32 Å². The lowest BCUT2D eigenvalue weighted by Crippen LogP contribution is -1.99. The number of thiazole rings is 1. The van der Waals surface area contributed by atoms with Gasteiger partial charge in [0.1, 0.15) is 0 Å². The maximum Gasteiger partial charge on any atom is 0.184 e. The average Bonchev–Trinajstić information content (AvgIpc) is 2.89. The molecule has 0 amide bonds. The summed E-state index contributed by atoms with van der Waals surface area (Å²) in [6, 6.07) is 6.15. The molecule has 2 aromatic heterocycles. The highest BCUT2D eigenvalue weighted by molar-refractivity contribution is 9.10. The van der Waals surface area contributed by atoms with Crippen molar-refractivity contribution >= 4 is 42.6 Å². The molecule has 0 bridgehead atoms. The van der Waals surface area contributed by atoms with Crippen molar-refractivity contribution in [1.82, 2.24) is 14.8 Å². The first-order valence-corrected chi connectivity index (χ1v) is 7.52. The highest BCUT2D eigenvalue weighted by atomic mass is 79.9. The number of fused-ring (bicyclic) bond motifs is 1. The molecule has 0 aliphatic rings. The molecule has 0 unspecified atom stereocenters. The third kappa shape index (κ3) is 2.64. The predicted molar refractivity (Wildman–Crippen MR) is 82.6 cm³/mol. The molecule has 3 aromatic rings. The van der Waals surface area contributed by atoms with Gasteiger partial charge in [-0.05, 0) is 25.1 Å². The van der Waals surface area contributed by atoms with Crippen molar-refractivity contribution in [3.63, 3.8) is 0 Å². The maximum atomic E-state index is 4.58. The van der Waals surface area contributed by atoms with Gasteiger partial charge in [-0.25, -0.2) is 4.98 Å². The van der Waals surface area contributed by atoms with E-state index in [4.69, 9.17) is 0 Å². The van der Waals surface area contributed by atoms with Gasteiger partial charge in [0.25, 0.3) is 0 Å². The molecule has 0 aliphatic carbocycles. The maximum absolute atomic E-state index is 4.58. The number of anilines is 1. The van der Waals surface area contributed by atoms with Crippen LogP contribution in [0.2, 0.25) is 0 Å². The second-order valence-electron chi connectivity index (χ2n) is 4.40. The third-order valence-electron chi connectivity index (χ3n) is 2.89. The number of hydrogen-bond donors (Lipinski definition) is 1. The number of aryl methyl sites for hydroxylation is 2. The first-order valence-electron chi connectivity index (χ1n) is 5.91. The van der Waals surface area contributed by atoms with Gasteiger partial charge in [-0.15, -0.1) is 0 Å². The van der Waals surface area contributed by atoms with Crippen LogP contribution in [-0.2, 0) is 13.6 Å². The molecule has 0 aliphatic heterocycles. The molecule has 0 spiro atoms. The highest BCUT2D eigenvalue weighted by Gasteiger charge is 2.06. The van der Waals surface area contributed by atoms with E-state index in [1.54, 1.807) is 11.3 Å². The minimum Gasteiger partial charge on any atom is -0.357 e. The summed E-state index contributed by atoms with van der Waals surface area (Å²) in [7, 11) is 1.94. The number of nitrogens with zero attached hydrogens (tertiary/aromatic N) is 3. The molecule has 1 aromatic carbocycles. The summed E-state index contributed by atoms with van der Waals surface area (Å²) in [4.78, 5) is 4.58. The molecule has 0 radical (unpaired) electrons. The quantitative estimate of drug-likeness (QED) is 0.792. The fourth-order valence-electron chi connectivity index (χ4n) is 1.97. The van der Waals surface area contributed by atoms with E-state index in [1.807, 2.05) is 37.0 Å². The molecular formula is C13H13BrN4S. The number of nitrogens with one attached hydrogen (secondary N) is 1. The zero-order valence-corrected chi connectivity index (χ0v) is 13.0. The lowest BCUT2D eigenvalue weighted by Gasteiger charge is -1.99. The Kier molecular flexibility index (Phi) is 3.28. The molecule has 0 saturated heterocycles. The zero-order valence-electron chi connectivity index (χ0n) is 10.6. The third-order valence-corrected chi connectivity index (χ3v) is 4.38. The normalized spacial score (nSPS) is 11.1. The smallest absolute Gasteiger partial charge is 0.184 e. The molecule has 0 atom stereocenters. The van der Waals surface area contributed by atoms with Crippen LogP contribution in [0.25, 0.3) is 10.2 Å². The lowest BCUT2D eigenvalue weighted by atomic mass is 10.3. The van der Waals surface area contributed by atoms with Gasteiger partial charge in [-0.2, -0.15) is 5.10 Å². The molecule has 2 heterocycles. The summed E-state index contributed by atoms with van der Waals surface area (Å²) in [6.07, 6.45) is 2.03. The predicted octanol–water partition coefficient (Wildman–Crippen LogP) is 3.71. The van der Waals surface area contributed by atoms with E-state index in [0.29, 0.717) is 0 Å². The number of hydrogen-bond acceptors (Lipinski definition) is 4. The Morgan fingerprint density at radius 2 is 2.26 bits per heavy atom. The van der Waals surface area contributed by atoms with Crippen molar-refractivity contribution in [2.45, 2.75) is 13.5 Å². The molecule has 3 rings (SSSR count). The largest absolute Gasteiger partial charge is 0.357 e. The Labute approximate surface area is 123 Å². The van der Waals surface area contributed by atoms with Gasteiger partial charge < -0.3 is 5.32 Å². The highest BCUT2D eigenvalue weighted by Crippen LogP contribution is 2.28. The van der Waals surface area contributed by atoms with Crippen molar-refractivity contribution in [2.24, 2.45) is 7.05 Å². The van der Waals surface area contributed by atoms with Crippen LogP contribution in [0.3, 0.4) is 0 Å². The van der Waals surface area contributed by atoms with Crippen molar-refractivity contribution in [1.29, 1.82) is 0 Å². The number of halogens is 1. The number of aromatic nitrogens is 3. The summed E-state index contributed by atoms with van der Waals surface area (Å²) in [6.45, 7) is 2.77. The Bertz CT molecular complexity index is 731. The molecule has 0 saturated carbocycles. The Morgan fingerprint density at radius 3 is 3.00 bits per heavy atom. The average molecular weight is 337 g/mol. The molecule has 98 valence electrons. The topological polar surface area (TPSA) is 42.7 Å². The Hall–Kier alpha value is -1.40. The van der Waals surface area contributed by atoms with Gasteiger partial charge in [-0.3, -0.25) is 4.68 Å². The summed E-state index contributed by atoms with van der Waals surface area (Å²) < 4.78 is 4.08. The Morgan fingerprint density at radius 1 is 1.42 bits per heavy atom. The summed E-state index contributed by atoms with van der Waals surface area (Å²) in [5.41, 5.74) is 3.27. The van der Waals surface area contributed by atoms with Crippen LogP contribution in [0.5, 0.6) is 0 Å². The molecular weight excluding hydrogens is 324 g/mol. The lowest BCUT2D eigenvalue weighted by molar-refractivity contribution is 0.756. The molecule has 1 N–H and O–H groups in total. The van der Waals surface area contributed by atoms with E-state index in [1.165, 1.54) is 10.3 Å². The molecule has 19 heavy (non-hydrogen) atoms. The van der Waals surface area contributed by atoms with Crippen LogP contribution in [0.15, 0.2) is 28.9 Å². The van der Waals surface area contributed by atoms with Gasteiger partial charge >= 0.3 is 0 Å². The van der Waals surface area contributed by atoms with E-state index in [9.17, 15) is 0 Å². The van der Waals surface area contributed by atoms with Gasteiger partial charge in [0, 0.05) is 29.8 Å². The van der Waals surface area contributed by atoms with Crippen molar-refractivity contribution in [3.8, 4) is 0 Å². The minimum absolute atomic E-state index is 0.751. The van der Waals surface area contributed by atoms with E-state index in [2.05, 4.69) is 37.4 Å². The zero-order chi connectivity index (χ0) is 13.4. The second kappa shape index (κ2) is 4.94. The first-order chi connectivity index (χ1) is 9.11. The van der Waals surface area contributed by atoms with Crippen LogP contribution in [-0.4, -0.2) is 14.8 Å². The number of benzene rings is 1. The second-order valence-corrected chi connectivity index (χ2v) is 6.34. The van der Waals surface area contributed by atoms with E-state index in [-0.39, 0.29) is 0 Å². The van der Waals surface area contributed by atoms with Crippen molar-refractivity contribution < 1.29 is 0 Å². The van der Waals surface area contributed by atoms with Gasteiger partial charge in [0.05, 0.1) is 15.9 Å².